The summed E-state index contributed by atoms with van der Waals surface area (Å²) < 4.78 is 40.6. The lowest BCUT2D eigenvalue weighted by Crippen LogP contribution is -2.43. The Morgan fingerprint density at radius 1 is 1.38 bits per heavy atom. The van der Waals surface area contributed by atoms with E-state index >= 15 is 0 Å². The molecule has 0 aromatic heterocycles. The van der Waals surface area contributed by atoms with Gasteiger partial charge in [0.05, 0.1) is 19.3 Å². The summed E-state index contributed by atoms with van der Waals surface area (Å²) in [7, 11) is 0. The minimum atomic E-state index is -4.12. The van der Waals surface area contributed by atoms with Gasteiger partial charge in [0.15, 0.2) is 0 Å². The third kappa shape index (κ3) is 4.47. The molecule has 0 unspecified atom stereocenters. The molecule has 2 nitrogen and oxygen atoms in total. The SMILES string of the molecule is C[C@H]1CC[C@@H](NCC(F)(F)F)CO1. The van der Waals surface area contributed by atoms with Gasteiger partial charge >= 0.3 is 6.18 Å². The van der Waals surface area contributed by atoms with Crippen molar-refractivity contribution in [2.45, 2.75) is 38.1 Å². The Labute approximate surface area is 75.4 Å². The van der Waals surface area contributed by atoms with Crippen LogP contribution in [0.4, 0.5) is 13.2 Å². The van der Waals surface area contributed by atoms with E-state index in [-0.39, 0.29) is 12.1 Å². The first-order valence-electron chi connectivity index (χ1n) is 4.39. The maximum absolute atomic E-state index is 11.8. The fraction of sp³-hybridized carbons (Fsp3) is 1.00. The largest absolute Gasteiger partial charge is 0.401 e. The second-order valence-corrected chi connectivity index (χ2v) is 3.41. The van der Waals surface area contributed by atoms with Gasteiger partial charge in [-0.3, -0.25) is 0 Å². The van der Waals surface area contributed by atoms with Crippen LogP contribution >= 0.6 is 0 Å². The average molecular weight is 197 g/mol. The molecule has 0 spiro atoms. The van der Waals surface area contributed by atoms with Crippen LogP contribution in [0.25, 0.3) is 0 Å². The molecular formula is C8H14F3NO. The van der Waals surface area contributed by atoms with Crippen molar-refractivity contribution in [3.8, 4) is 0 Å². The highest BCUT2D eigenvalue weighted by molar-refractivity contribution is 4.74. The Hall–Kier alpha value is -0.290. The summed E-state index contributed by atoms with van der Waals surface area (Å²) in [4.78, 5) is 0. The maximum Gasteiger partial charge on any atom is 0.401 e. The zero-order valence-corrected chi connectivity index (χ0v) is 7.53. The van der Waals surface area contributed by atoms with Gasteiger partial charge in [-0.2, -0.15) is 13.2 Å². The monoisotopic (exact) mass is 197 g/mol. The van der Waals surface area contributed by atoms with Gasteiger partial charge in [-0.25, -0.2) is 0 Å². The number of hydrogen-bond donors (Lipinski definition) is 1. The standard InChI is InChI=1S/C8H14F3NO/c1-6-2-3-7(4-13-6)12-5-8(9,10)11/h6-7,12H,2-5H2,1H3/t6-,7+/m0/s1. The van der Waals surface area contributed by atoms with Gasteiger partial charge in [-0.05, 0) is 19.8 Å². The lowest BCUT2D eigenvalue weighted by molar-refractivity contribution is -0.128. The van der Waals surface area contributed by atoms with Crippen LogP contribution in [0.2, 0.25) is 0 Å². The van der Waals surface area contributed by atoms with Crippen molar-refractivity contribution in [3.05, 3.63) is 0 Å². The first kappa shape index (κ1) is 10.8. The van der Waals surface area contributed by atoms with E-state index in [4.69, 9.17) is 4.74 Å². The van der Waals surface area contributed by atoms with E-state index in [1.165, 1.54) is 0 Å². The van der Waals surface area contributed by atoms with E-state index in [0.29, 0.717) is 6.61 Å². The molecule has 0 radical (unpaired) electrons. The van der Waals surface area contributed by atoms with Crippen molar-refractivity contribution in [3.63, 3.8) is 0 Å². The van der Waals surface area contributed by atoms with Gasteiger partial charge in [-0.15, -0.1) is 0 Å². The van der Waals surface area contributed by atoms with Gasteiger partial charge in [0.1, 0.15) is 0 Å². The Morgan fingerprint density at radius 3 is 2.54 bits per heavy atom. The number of alkyl halides is 3. The van der Waals surface area contributed by atoms with Crippen molar-refractivity contribution in [1.82, 2.24) is 5.32 Å². The molecule has 1 heterocycles. The second-order valence-electron chi connectivity index (χ2n) is 3.41. The number of rotatable bonds is 2. The first-order valence-corrected chi connectivity index (χ1v) is 4.39. The molecule has 1 aliphatic rings. The van der Waals surface area contributed by atoms with Crippen molar-refractivity contribution < 1.29 is 17.9 Å². The molecule has 5 heteroatoms. The lowest BCUT2D eigenvalue weighted by atomic mass is 10.1. The first-order chi connectivity index (χ1) is 5.97. The van der Waals surface area contributed by atoms with E-state index in [0.717, 1.165) is 12.8 Å². The average Bonchev–Trinajstić information content (AvgIpc) is 2.02. The van der Waals surface area contributed by atoms with Crippen molar-refractivity contribution in [2.24, 2.45) is 0 Å². The van der Waals surface area contributed by atoms with Gasteiger partial charge in [0.25, 0.3) is 0 Å². The summed E-state index contributed by atoms with van der Waals surface area (Å²) >= 11 is 0. The minimum Gasteiger partial charge on any atom is -0.377 e. The van der Waals surface area contributed by atoms with E-state index < -0.39 is 12.7 Å². The zero-order chi connectivity index (χ0) is 9.90. The smallest absolute Gasteiger partial charge is 0.377 e. The van der Waals surface area contributed by atoms with Crippen LogP contribution in [0.1, 0.15) is 19.8 Å². The van der Waals surface area contributed by atoms with Crippen molar-refractivity contribution >= 4 is 0 Å². The highest BCUT2D eigenvalue weighted by Crippen LogP contribution is 2.16. The highest BCUT2D eigenvalue weighted by atomic mass is 19.4. The fourth-order valence-electron chi connectivity index (χ4n) is 1.30. The van der Waals surface area contributed by atoms with Gasteiger partial charge in [-0.1, -0.05) is 0 Å². The summed E-state index contributed by atoms with van der Waals surface area (Å²) in [6.45, 7) is 1.40. The predicted octanol–water partition coefficient (Wildman–Crippen LogP) is 1.71. The maximum atomic E-state index is 11.8. The molecule has 1 fully saturated rings. The summed E-state index contributed by atoms with van der Waals surface area (Å²) in [6, 6.07) is -0.141. The number of ether oxygens (including phenoxy) is 1. The third-order valence-electron chi connectivity index (χ3n) is 2.09. The molecule has 0 amide bonds. The number of halogens is 3. The molecule has 0 aromatic carbocycles. The van der Waals surface area contributed by atoms with E-state index in [2.05, 4.69) is 5.32 Å². The lowest BCUT2D eigenvalue weighted by Gasteiger charge is -2.27. The Bertz CT molecular complexity index is 152. The van der Waals surface area contributed by atoms with Crippen LogP contribution < -0.4 is 5.32 Å². The summed E-state index contributed by atoms with van der Waals surface area (Å²) in [5.74, 6) is 0. The molecule has 0 aliphatic carbocycles. The molecule has 0 aromatic rings. The Kier molecular flexibility index (Phi) is 3.55. The normalized spacial score (nSPS) is 30.5. The quantitative estimate of drug-likeness (QED) is 0.727. The minimum absolute atomic E-state index is 0.141. The number of nitrogens with one attached hydrogen (secondary N) is 1. The highest BCUT2D eigenvalue weighted by Gasteiger charge is 2.29. The number of hydrogen-bond acceptors (Lipinski definition) is 2. The van der Waals surface area contributed by atoms with E-state index in [1.807, 2.05) is 6.92 Å². The topological polar surface area (TPSA) is 21.3 Å². The molecule has 78 valence electrons. The van der Waals surface area contributed by atoms with Crippen LogP contribution in [-0.2, 0) is 4.74 Å². The molecule has 0 bridgehead atoms. The van der Waals surface area contributed by atoms with Crippen LogP contribution in [0.5, 0.6) is 0 Å². The zero-order valence-electron chi connectivity index (χ0n) is 7.53. The molecule has 1 rings (SSSR count). The van der Waals surface area contributed by atoms with Crippen LogP contribution in [0.15, 0.2) is 0 Å². The Balaban J connectivity index is 2.16. The predicted molar refractivity (Wildman–Crippen MR) is 42.5 cm³/mol. The van der Waals surface area contributed by atoms with Crippen LogP contribution in [-0.4, -0.2) is 31.5 Å². The summed E-state index contributed by atoms with van der Waals surface area (Å²) in [5.41, 5.74) is 0. The van der Waals surface area contributed by atoms with Crippen LogP contribution in [0.3, 0.4) is 0 Å². The Morgan fingerprint density at radius 2 is 2.08 bits per heavy atom. The van der Waals surface area contributed by atoms with Crippen molar-refractivity contribution in [2.75, 3.05) is 13.2 Å². The van der Waals surface area contributed by atoms with Gasteiger partial charge in [0, 0.05) is 6.04 Å². The van der Waals surface area contributed by atoms with Gasteiger partial charge < -0.3 is 10.1 Å². The molecule has 1 N–H and O–H groups in total. The molecule has 13 heavy (non-hydrogen) atoms. The summed E-state index contributed by atoms with van der Waals surface area (Å²) in [6.07, 6.45) is -2.35. The molecule has 1 aliphatic heterocycles. The van der Waals surface area contributed by atoms with Gasteiger partial charge in [0.2, 0.25) is 0 Å². The third-order valence-corrected chi connectivity index (χ3v) is 2.09. The van der Waals surface area contributed by atoms with E-state index in [9.17, 15) is 13.2 Å². The summed E-state index contributed by atoms with van der Waals surface area (Å²) in [5, 5.41) is 2.43. The molecule has 2 atom stereocenters. The van der Waals surface area contributed by atoms with Crippen molar-refractivity contribution in [1.29, 1.82) is 0 Å². The molecule has 0 saturated carbocycles. The fourth-order valence-corrected chi connectivity index (χ4v) is 1.30. The molecular weight excluding hydrogens is 183 g/mol. The van der Waals surface area contributed by atoms with Crippen LogP contribution in [0, 0.1) is 0 Å². The molecule has 1 saturated heterocycles. The van der Waals surface area contributed by atoms with E-state index in [1.54, 1.807) is 0 Å². The second kappa shape index (κ2) is 4.28.